The standard InChI is InChI=1S/C26H28FN5O/c27-21-10-3-11-22(14-21)29-24-15-23(19-8-4-12-28-16-19)30-25(31-24)20-9-5-13-32(17-20)26(33)18-6-1-2-7-18/h3-4,8,10-12,14-16,18,20H,1-2,5-7,9,13,17H2,(H,29,30,31)/t20-/m1/s1. The molecule has 2 fully saturated rings. The molecule has 1 saturated carbocycles. The molecule has 5 rings (SSSR count). The van der Waals surface area contributed by atoms with Crippen molar-refractivity contribution < 1.29 is 9.18 Å². The van der Waals surface area contributed by atoms with Crippen LogP contribution in [0.15, 0.2) is 54.9 Å². The summed E-state index contributed by atoms with van der Waals surface area (Å²) in [5, 5.41) is 3.22. The fourth-order valence-electron chi connectivity index (χ4n) is 4.91. The SMILES string of the molecule is O=C(C1CCCC1)N1CCC[C@@H](c2nc(Nc3cccc(F)c3)cc(-c3cccnc3)n2)C1. The van der Waals surface area contributed by atoms with Crippen molar-refractivity contribution in [1.82, 2.24) is 19.9 Å². The Morgan fingerprint density at radius 3 is 2.70 bits per heavy atom. The van der Waals surface area contributed by atoms with Crippen LogP contribution in [0.5, 0.6) is 0 Å². The summed E-state index contributed by atoms with van der Waals surface area (Å²) >= 11 is 0. The molecule has 1 saturated heterocycles. The summed E-state index contributed by atoms with van der Waals surface area (Å²) in [5.74, 6) is 1.53. The first-order valence-electron chi connectivity index (χ1n) is 11.8. The van der Waals surface area contributed by atoms with Gasteiger partial charge in [-0.2, -0.15) is 0 Å². The molecule has 1 aliphatic carbocycles. The van der Waals surface area contributed by atoms with E-state index in [-0.39, 0.29) is 17.7 Å². The number of likely N-dealkylation sites (tertiary alicyclic amines) is 1. The van der Waals surface area contributed by atoms with E-state index in [1.807, 2.05) is 23.1 Å². The van der Waals surface area contributed by atoms with Crippen molar-refractivity contribution in [3.05, 3.63) is 66.5 Å². The number of hydrogen-bond acceptors (Lipinski definition) is 5. The van der Waals surface area contributed by atoms with Crippen LogP contribution in [-0.2, 0) is 4.79 Å². The molecule has 1 aromatic carbocycles. The molecule has 1 aliphatic heterocycles. The molecule has 0 bridgehead atoms. The zero-order valence-electron chi connectivity index (χ0n) is 18.6. The molecular formula is C26H28FN5O. The van der Waals surface area contributed by atoms with Gasteiger partial charge in [-0.3, -0.25) is 9.78 Å². The number of aromatic nitrogens is 3. The van der Waals surface area contributed by atoms with Gasteiger partial charge in [0.15, 0.2) is 0 Å². The molecule has 33 heavy (non-hydrogen) atoms. The number of benzene rings is 1. The van der Waals surface area contributed by atoms with Gasteiger partial charge in [-0.25, -0.2) is 14.4 Å². The summed E-state index contributed by atoms with van der Waals surface area (Å²) in [4.78, 5) is 28.9. The molecule has 3 aromatic rings. The number of hydrogen-bond donors (Lipinski definition) is 1. The van der Waals surface area contributed by atoms with Gasteiger partial charge in [0.25, 0.3) is 0 Å². The lowest BCUT2D eigenvalue weighted by molar-refractivity contribution is -0.136. The minimum atomic E-state index is -0.310. The van der Waals surface area contributed by atoms with Crippen LogP contribution in [0.25, 0.3) is 11.3 Å². The third kappa shape index (κ3) is 5.02. The Kier molecular flexibility index (Phi) is 6.28. The Bertz CT molecular complexity index is 1120. The molecule has 1 amide bonds. The summed E-state index contributed by atoms with van der Waals surface area (Å²) in [6, 6.07) is 12.0. The van der Waals surface area contributed by atoms with E-state index in [0.717, 1.165) is 56.3 Å². The number of pyridine rings is 1. The van der Waals surface area contributed by atoms with Crippen molar-refractivity contribution in [2.75, 3.05) is 18.4 Å². The minimum absolute atomic E-state index is 0.0637. The number of amides is 1. The number of rotatable bonds is 5. The van der Waals surface area contributed by atoms with Crippen LogP contribution in [0.3, 0.4) is 0 Å². The molecule has 0 radical (unpaired) electrons. The smallest absolute Gasteiger partial charge is 0.225 e. The average molecular weight is 446 g/mol. The van der Waals surface area contributed by atoms with Crippen molar-refractivity contribution in [3.63, 3.8) is 0 Å². The zero-order chi connectivity index (χ0) is 22.6. The zero-order valence-corrected chi connectivity index (χ0v) is 18.6. The maximum atomic E-state index is 13.7. The highest BCUT2D eigenvalue weighted by atomic mass is 19.1. The Morgan fingerprint density at radius 2 is 1.91 bits per heavy atom. The van der Waals surface area contributed by atoms with Crippen LogP contribution in [0.1, 0.15) is 50.3 Å². The van der Waals surface area contributed by atoms with E-state index in [9.17, 15) is 9.18 Å². The van der Waals surface area contributed by atoms with Crippen LogP contribution in [0.2, 0.25) is 0 Å². The highest BCUT2D eigenvalue weighted by molar-refractivity contribution is 5.79. The van der Waals surface area contributed by atoms with Gasteiger partial charge in [-0.15, -0.1) is 0 Å². The van der Waals surface area contributed by atoms with Gasteiger partial charge in [-0.1, -0.05) is 18.9 Å². The number of nitrogens with zero attached hydrogens (tertiary/aromatic N) is 4. The Morgan fingerprint density at radius 1 is 1.03 bits per heavy atom. The molecule has 7 heteroatoms. The molecule has 170 valence electrons. The highest BCUT2D eigenvalue weighted by Crippen LogP contribution is 2.32. The lowest BCUT2D eigenvalue weighted by Gasteiger charge is -2.34. The van der Waals surface area contributed by atoms with Gasteiger partial charge >= 0.3 is 0 Å². The van der Waals surface area contributed by atoms with E-state index < -0.39 is 0 Å². The van der Waals surface area contributed by atoms with Crippen LogP contribution in [0, 0.1) is 11.7 Å². The summed E-state index contributed by atoms with van der Waals surface area (Å²) < 4.78 is 13.7. The normalized spacial score (nSPS) is 18.9. The quantitative estimate of drug-likeness (QED) is 0.576. The number of piperidine rings is 1. The number of carbonyl (C=O) groups excluding carboxylic acids is 1. The molecule has 0 unspecified atom stereocenters. The Labute approximate surface area is 193 Å². The lowest BCUT2D eigenvalue weighted by atomic mass is 9.95. The lowest BCUT2D eigenvalue weighted by Crippen LogP contribution is -2.42. The van der Waals surface area contributed by atoms with E-state index in [0.29, 0.717) is 29.8 Å². The third-order valence-corrected chi connectivity index (χ3v) is 6.60. The predicted molar refractivity (Wildman–Crippen MR) is 125 cm³/mol. The predicted octanol–water partition coefficient (Wildman–Crippen LogP) is 5.32. The van der Waals surface area contributed by atoms with Crippen molar-refractivity contribution in [2.24, 2.45) is 5.92 Å². The summed E-state index contributed by atoms with van der Waals surface area (Å²) in [6.07, 6.45) is 9.70. The highest BCUT2D eigenvalue weighted by Gasteiger charge is 2.32. The van der Waals surface area contributed by atoms with Gasteiger partial charge < -0.3 is 10.2 Å². The Hall–Kier alpha value is -3.35. The molecular weight excluding hydrogens is 417 g/mol. The molecule has 1 atom stereocenters. The first-order valence-corrected chi connectivity index (χ1v) is 11.8. The second-order valence-electron chi connectivity index (χ2n) is 8.98. The second kappa shape index (κ2) is 9.65. The van der Waals surface area contributed by atoms with Gasteiger partial charge in [0, 0.05) is 54.6 Å². The summed E-state index contributed by atoms with van der Waals surface area (Å²) in [6.45, 7) is 1.45. The van der Waals surface area contributed by atoms with Crippen LogP contribution >= 0.6 is 0 Å². The van der Waals surface area contributed by atoms with Crippen LogP contribution in [-0.4, -0.2) is 38.8 Å². The molecule has 3 heterocycles. The first kappa shape index (κ1) is 21.5. The van der Waals surface area contributed by atoms with E-state index in [1.165, 1.54) is 12.1 Å². The van der Waals surface area contributed by atoms with E-state index in [2.05, 4.69) is 10.3 Å². The third-order valence-electron chi connectivity index (χ3n) is 6.60. The fourth-order valence-corrected chi connectivity index (χ4v) is 4.91. The van der Waals surface area contributed by atoms with E-state index in [4.69, 9.17) is 9.97 Å². The van der Waals surface area contributed by atoms with Gasteiger partial charge in [-0.05, 0) is 56.0 Å². The number of halogens is 1. The van der Waals surface area contributed by atoms with Crippen molar-refractivity contribution in [1.29, 1.82) is 0 Å². The first-order chi connectivity index (χ1) is 16.2. The number of nitrogens with one attached hydrogen (secondary N) is 1. The number of anilines is 2. The molecule has 0 spiro atoms. The van der Waals surface area contributed by atoms with Crippen LogP contribution in [0.4, 0.5) is 15.9 Å². The molecule has 2 aliphatic rings. The maximum absolute atomic E-state index is 13.7. The van der Waals surface area contributed by atoms with Gasteiger partial charge in [0.05, 0.1) is 5.69 Å². The van der Waals surface area contributed by atoms with Crippen molar-refractivity contribution in [3.8, 4) is 11.3 Å². The fraction of sp³-hybridized carbons (Fsp3) is 0.385. The topological polar surface area (TPSA) is 71.0 Å². The van der Waals surface area contributed by atoms with E-state index >= 15 is 0 Å². The summed E-state index contributed by atoms with van der Waals surface area (Å²) in [5.41, 5.74) is 2.27. The van der Waals surface area contributed by atoms with Gasteiger partial charge in [0.1, 0.15) is 17.5 Å². The minimum Gasteiger partial charge on any atom is -0.342 e. The average Bonchev–Trinajstić information content (AvgIpc) is 3.39. The summed E-state index contributed by atoms with van der Waals surface area (Å²) in [7, 11) is 0. The van der Waals surface area contributed by atoms with Crippen molar-refractivity contribution >= 4 is 17.4 Å². The van der Waals surface area contributed by atoms with E-state index in [1.54, 1.807) is 24.5 Å². The molecule has 1 N–H and O–H groups in total. The largest absolute Gasteiger partial charge is 0.342 e. The van der Waals surface area contributed by atoms with Crippen LogP contribution < -0.4 is 5.32 Å². The number of carbonyl (C=O) groups is 1. The monoisotopic (exact) mass is 445 g/mol. The Balaban J connectivity index is 1.44. The van der Waals surface area contributed by atoms with Gasteiger partial charge in [0.2, 0.25) is 5.91 Å². The second-order valence-corrected chi connectivity index (χ2v) is 8.98. The maximum Gasteiger partial charge on any atom is 0.225 e. The molecule has 2 aromatic heterocycles. The molecule has 6 nitrogen and oxygen atoms in total. The van der Waals surface area contributed by atoms with Crippen molar-refractivity contribution in [2.45, 2.75) is 44.4 Å².